The smallest absolute Gasteiger partial charge is 0.223 e. The molecule has 2 N–H and O–H groups in total. The minimum absolute atomic E-state index is 0.179. The van der Waals surface area contributed by atoms with Crippen LogP contribution < -0.4 is 15.5 Å². The van der Waals surface area contributed by atoms with E-state index in [-0.39, 0.29) is 11.8 Å². The molecule has 0 spiro atoms. The van der Waals surface area contributed by atoms with E-state index < -0.39 is 0 Å². The second-order valence-corrected chi connectivity index (χ2v) is 7.13. The molecule has 26 heavy (non-hydrogen) atoms. The predicted molar refractivity (Wildman–Crippen MR) is 107 cm³/mol. The van der Waals surface area contributed by atoms with Crippen molar-refractivity contribution in [2.75, 3.05) is 50.7 Å². The Morgan fingerprint density at radius 3 is 2.58 bits per heavy atom. The number of rotatable bonds is 6. The van der Waals surface area contributed by atoms with Crippen LogP contribution in [0.15, 0.2) is 29.3 Å². The molecule has 0 atom stereocenters. The molecule has 2 fully saturated rings. The molecule has 2 aliphatic rings. The van der Waals surface area contributed by atoms with Crippen LogP contribution in [0.25, 0.3) is 0 Å². The summed E-state index contributed by atoms with van der Waals surface area (Å²) >= 11 is 6.32. The van der Waals surface area contributed by atoms with Gasteiger partial charge in [0.2, 0.25) is 5.91 Å². The molecule has 1 aliphatic carbocycles. The second kappa shape index (κ2) is 9.12. The first-order valence-corrected chi connectivity index (χ1v) is 9.87. The number of nitrogens with one attached hydrogen (secondary N) is 2. The number of guanidine groups is 1. The summed E-state index contributed by atoms with van der Waals surface area (Å²) in [5.74, 6) is 1.36. The van der Waals surface area contributed by atoms with E-state index in [4.69, 9.17) is 11.6 Å². The lowest BCUT2D eigenvalue weighted by Gasteiger charge is -2.38. The summed E-state index contributed by atoms with van der Waals surface area (Å²) in [5, 5.41) is 7.12. The number of hydrogen-bond acceptors (Lipinski definition) is 3. The normalized spacial score (nSPS) is 18.0. The molecule has 1 aliphatic heterocycles. The lowest BCUT2D eigenvalue weighted by atomic mass is 10.2. The summed E-state index contributed by atoms with van der Waals surface area (Å²) in [6, 6.07) is 7.99. The zero-order chi connectivity index (χ0) is 18.4. The fourth-order valence-electron chi connectivity index (χ4n) is 3.12. The Morgan fingerprint density at radius 1 is 1.19 bits per heavy atom. The molecular formula is C19H28ClN5O. The van der Waals surface area contributed by atoms with E-state index in [1.807, 2.05) is 18.2 Å². The summed E-state index contributed by atoms with van der Waals surface area (Å²) in [5.41, 5.74) is 1.10. The van der Waals surface area contributed by atoms with Crippen LogP contribution in [-0.4, -0.2) is 62.6 Å². The average molecular weight is 378 g/mol. The van der Waals surface area contributed by atoms with E-state index in [0.29, 0.717) is 13.1 Å². The topological polar surface area (TPSA) is 60.0 Å². The third-order valence-corrected chi connectivity index (χ3v) is 5.05. The Labute approximate surface area is 160 Å². The first-order chi connectivity index (χ1) is 12.7. The molecule has 1 saturated carbocycles. The maximum absolute atomic E-state index is 11.7. The summed E-state index contributed by atoms with van der Waals surface area (Å²) in [6.45, 7) is 7.72. The highest BCUT2D eigenvalue weighted by atomic mass is 35.5. The van der Waals surface area contributed by atoms with Crippen LogP contribution in [0.4, 0.5) is 5.69 Å². The monoisotopic (exact) mass is 377 g/mol. The zero-order valence-electron chi connectivity index (χ0n) is 15.4. The van der Waals surface area contributed by atoms with Crippen LogP contribution in [-0.2, 0) is 4.79 Å². The van der Waals surface area contributed by atoms with E-state index in [1.165, 1.54) is 0 Å². The Bertz CT molecular complexity index is 639. The van der Waals surface area contributed by atoms with Gasteiger partial charge in [-0.15, -0.1) is 0 Å². The van der Waals surface area contributed by atoms with E-state index >= 15 is 0 Å². The minimum atomic E-state index is 0.179. The number of carbonyl (C=O) groups excluding carboxylic acids is 1. The van der Waals surface area contributed by atoms with Crippen molar-refractivity contribution in [1.82, 2.24) is 15.5 Å². The number of anilines is 1. The van der Waals surface area contributed by atoms with E-state index in [0.717, 1.165) is 62.2 Å². The van der Waals surface area contributed by atoms with Crippen LogP contribution >= 0.6 is 11.6 Å². The number of para-hydroxylation sites is 1. The number of hydrogen-bond donors (Lipinski definition) is 2. The third-order valence-electron chi connectivity index (χ3n) is 4.73. The van der Waals surface area contributed by atoms with Gasteiger partial charge in [0.05, 0.1) is 17.3 Å². The molecular weight excluding hydrogens is 350 g/mol. The summed E-state index contributed by atoms with van der Waals surface area (Å²) < 4.78 is 0. The average Bonchev–Trinajstić information content (AvgIpc) is 3.50. The summed E-state index contributed by atoms with van der Waals surface area (Å²) in [7, 11) is 0. The third kappa shape index (κ3) is 5.04. The molecule has 0 radical (unpaired) electrons. The van der Waals surface area contributed by atoms with Crippen molar-refractivity contribution >= 4 is 29.2 Å². The van der Waals surface area contributed by atoms with E-state index in [9.17, 15) is 4.79 Å². The second-order valence-electron chi connectivity index (χ2n) is 6.73. The van der Waals surface area contributed by atoms with Crippen LogP contribution in [0, 0.1) is 5.92 Å². The first kappa shape index (κ1) is 18.8. The van der Waals surface area contributed by atoms with Crippen molar-refractivity contribution in [2.45, 2.75) is 19.8 Å². The van der Waals surface area contributed by atoms with Gasteiger partial charge in [0.15, 0.2) is 5.96 Å². The molecule has 1 aromatic carbocycles. The highest BCUT2D eigenvalue weighted by Gasteiger charge is 2.29. The standard InChI is InChI=1S/C19H28ClN5O/c1-2-21-19(23-10-9-22-18(26)15-7-8-15)25-13-11-24(12-14-25)17-6-4-3-5-16(17)20/h3-6,15H,2,7-14H2,1H3,(H,21,23)(H,22,26). The molecule has 0 aromatic heterocycles. The highest BCUT2D eigenvalue weighted by Crippen LogP contribution is 2.28. The lowest BCUT2D eigenvalue weighted by molar-refractivity contribution is -0.122. The molecule has 0 unspecified atom stereocenters. The van der Waals surface area contributed by atoms with Gasteiger partial charge in [-0.25, -0.2) is 0 Å². The number of amides is 1. The maximum Gasteiger partial charge on any atom is 0.223 e. The van der Waals surface area contributed by atoms with Crippen molar-refractivity contribution in [3.63, 3.8) is 0 Å². The molecule has 6 nitrogen and oxygen atoms in total. The van der Waals surface area contributed by atoms with Crippen LogP contribution in [0.5, 0.6) is 0 Å². The first-order valence-electron chi connectivity index (χ1n) is 9.49. The maximum atomic E-state index is 11.7. The molecule has 1 aromatic rings. The van der Waals surface area contributed by atoms with Crippen molar-refractivity contribution in [3.05, 3.63) is 29.3 Å². The van der Waals surface area contributed by atoms with Crippen molar-refractivity contribution < 1.29 is 4.79 Å². The quantitative estimate of drug-likeness (QED) is 0.452. The van der Waals surface area contributed by atoms with E-state index in [1.54, 1.807) is 0 Å². The van der Waals surface area contributed by atoms with Gasteiger partial charge in [-0.1, -0.05) is 23.7 Å². The number of benzene rings is 1. The minimum Gasteiger partial charge on any atom is -0.367 e. The lowest BCUT2D eigenvalue weighted by Crippen LogP contribution is -2.52. The Kier molecular flexibility index (Phi) is 6.61. The number of halogens is 1. The molecule has 0 bridgehead atoms. The molecule has 1 saturated heterocycles. The van der Waals surface area contributed by atoms with Crippen molar-refractivity contribution in [3.8, 4) is 0 Å². The van der Waals surface area contributed by atoms with E-state index in [2.05, 4.69) is 38.4 Å². The number of aliphatic imine (C=N–C) groups is 1. The SMILES string of the molecule is CCNC(=NCCNC(=O)C1CC1)N1CCN(c2ccccc2Cl)CC1. The predicted octanol–water partition coefficient (Wildman–Crippen LogP) is 1.95. The number of piperazine rings is 1. The van der Waals surface area contributed by atoms with Gasteiger partial charge in [0.25, 0.3) is 0 Å². The van der Waals surface area contributed by atoms with Gasteiger partial charge >= 0.3 is 0 Å². The molecule has 7 heteroatoms. The molecule has 1 heterocycles. The van der Waals surface area contributed by atoms with Gasteiger partial charge in [-0.2, -0.15) is 0 Å². The highest BCUT2D eigenvalue weighted by molar-refractivity contribution is 6.33. The summed E-state index contributed by atoms with van der Waals surface area (Å²) in [6.07, 6.45) is 2.07. The Morgan fingerprint density at radius 2 is 1.92 bits per heavy atom. The Hall–Kier alpha value is -1.95. The number of carbonyl (C=O) groups is 1. The van der Waals surface area contributed by atoms with Crippen LogP contribution in [0.3, 0.4) is 0 Å². The van der Waals surface area contributed by atoms with Crippen LogP contribution in [0.2, 0.25) is 5.02 Å². The van der Waals surface area contributed by atoms with Gasteiger partial charge in [-0.3, -0.25) is 9.79 Å². The van der Waals surface area contributed by atoms with Gasteiger partial charge in [0.1, 0.15) is 0 Å². The summed E-state index contributed by atoms with van der Waals surface area (Å²) in [4.78, 5) is 20.9. The van der Waals surface area contributed by atoms with Crippen molar-refractivity contribution in [2.24, 2.45) is 10.9 Å². The Balaban J connectivity index is 1.50. The van der Waals surface area contributed by atoms with Gasteiger partial charge < -0.3 is 20.4 Å². The van der Waals surface area contributed by atoms with Gasteiger partial charge in [-0.05, 0) is 31.9 Å². The largest absolute Gasteiger partial charge is 0.367 e. The fourth-order valence-corrected chi connectivity index (χ4v) is 3.38. The molecule has 142 valence electrons. The zero-order valence-corrected chi connectivity index (χ0v) is 16.1. The molecule has 3 rings (SSSR count). The fraction of sp³-hybridized carbons (Fsp3) is 0.579. The van der Waals surface area contributed by atoms with Gasteiger partial charge in [0, 0.05) is 45.2 Å². The van der Waals surface area contributed by atoms with Crippen LogP contribution in [0.1, 0.15) is 19.8 Å². The number of nitrogens with zero attached hydrogens (tertiary/aromatic N) is 3. The molecule has 1 amide bonds. The van der Waals surface area contributed by atoms with Crippen molar-refractivity contribution in [1.29, 1.82) is 0 Å².